The summed E-state index contributed by atoms with van der Waals surface area (Å²) in [6, 6.07) is 0.931. The Hall–Kier alpha value is 0.710. The molecular weight excluding hydrogens is 111 g/mol. The van der Waals surface area contributed by atoms with Crippen molar-refractivity contribution < 1.29 is 14.4 Å². The van der Waals surface area contributed by atoms with Gasteiger partial charge in [-0.2, -0.15) is 0 Å². The van der Waals surface area contributed by atoms with E-state index in [9.17, 15) is 0 Å². The van der Waals surface area contributed by atoms with Crippen LogP contribution in [0.15, 0.2) is 0 Å². The fraction of sp³-hybridized carbons (Fsp3) is 0.500. The molecule has 0 aliphatic rings. The molecule has 0 saturated heterocycles. The van der Waals surface area contributed by atoms with E-state index in [0.717, 1.165) is 6.04 Å². The van der Waals surface area contributed by atoms with Crippen molar-refractivity contribution in [2.75, 3.05) is 0 Å². The number of rotatable bonds is 1. The molecule has 27 valence electrons. The van der Waals surface area contributed by atoms with E-state index in [2.05, 4.69) is 21.3 Å². The van der Waals surface area contributed by atoms with E-state index >= 15 is 0 Å². The molecule has 0 spiro atoms. The van der Waals surface area contributed by atoms with Gasteiger partial charge in [-0.3, -0.25) is 0 Å². The van der Waals surface area contributed by atoms with Crippen LogP contribution < -0.4 is 0 Å². The zero-order valence-electron chi connectivity index (χ0n) is 2.23. The third kappa shape index (κ3) is 2.71. The van der Waals surface area contributed by atoms with E-state index in [1.54, 1.807) is 0 Å². The quantitative estimate of drug-likeness (QED) is 0.342. The molecule has 0 amide bonds. The summed E-state index contributed by atoms with van der Waals surface area (Å²) in [6.45, 7) is 3.52. The van der Waals surface area contributed by atoms with Gasteiger partial charge in [0.2, 0.25) is 0 Å². The standard InChI is InChI=1S/C2H4Si.Ni/c1-2-3;/h1-2H2;/q-1;. The van der Waals surface area contributed by atoms with Crippen molar-refractivity contribution in [3.05, 3.63) is 6.92 Å². The van der Waals surface area contributed by atoms with Crippen molar-refractivity contribution in [3.63, 3.8) is 0 Å². The van der Waals surface area contributed by atoms with E-state index in [0.29, 0.717) is 7.76 Å². The maximum absolute atomic E-state index is 4.28. The monoisotopic (exact) mass is 114 g/mol. The fourth-order valence-electron chi connectivity index (χ4n) is 0. The predicted molar refractivity (Wildman–Crippen MR) is 15.9 cm³/mol. The molecule has 0 rings (SSSR count). The van der Waals surface area contributed by atoms with E-state index in [1.165, 1.54) is 0 Å². The van der Waals surface area contributed by atoms with E-state index in [-0.39, 0.29) is 0 Å². The Morgan fingerprint density at radius 1 is 2.00 bits per heavy atom. The number of hydrogen-bond donors (Lipinski definition) is 0. The van der Waals surface area contributed by atoms with Gasteiger partial charge in [0.1, 0.15) is 0 Å². The summed E-state index contributed by atoms with van der Waals surface area (Å²) < 4.78 is 0. The molecule has 0 aromatic rings. The van der Waals surface area contributed by atoms with Crippen LogP contribution in [0.25, 0.3) is 0 Å². The van der Waals surface area contributed by atoms with Gasteiger partial charge in [-0.15, -0.1) is 0 Å². The summed E-state index contributed by atoms with van der Waals surface area (Å²) in [5.41, 5.74) is 0. The van der Waals surface area contributed by atoms with Crippen LogP contribution in [0.4, 0.5) is 0 Å². The van der Waals surface area contributed by atoms with Gasteiger partial charge < -0.3 is 0 Å². The summed E-state index contributed by atoms with van der Waals surface area (Å²) in [6.07, 6.45) is 0. The Labute approximate surface area is 35.7 Å². The maximum atomic E-state index is 4.28. The molecule has 0 heterocycles. The van der Waals surface area contributed by atoms with Crippen molar-refractivity contribution in [2.24, 2.45) is 0 Å². The van der Waals surface area contributed by atoms with Gasteiger partial charge in [-0.05, 0) is 0 Å². The fourth-order valence-corrected chi connectivity index (χ4v) is 0. The molecule has 0 N–H and O–H groups in total. The van der Waals surface area contributed by atoms with Crippen molar-refractivity contribution in [1.29, 1.82) is 0 Å². The van der Waals surface area contributed by atoms with Gasteiger partial charge in [0, 0.05) is 0 Å². The third-order valence-corrected chi connectivity index (χ3v) is 0.978. The van der Waals surface area contributed by atoms with Crippen molar-refractivity contribution in [1.82, 2.24) is 0 Å². The molecule has 4 heavy (non-hydrogen) atoms. The molecule has 0 aliphatic heterocycles. The molecule has 0 aromatic carbocycles. The molecule has 2 heteroatoms. The van der Waals surface area contributed by atoms with Crippen molar-refractivity contribution in [2.45, 2.75) is 6.04 Å². The zero-order valence-corrected chi connectivity index (χ0v) is 4.22. The average Bonchev–Trinajstić information content (AvgIpc) is 1.37. The predicted octanol–water partition coefficient (Wildman–Crippen LogP) is 0.405. The first kappa shape index (κ1) is 4.71. The van der Waals surface area contributed by atoms with Crippen LogP contribution in [0.2, 0.25) is 6.04 Å². The molecular formula is C2H4NiSi-. The molecule has 0 fully saturated rings. The third-order valence-electron chi connectivity index (χ3n) is 0.0791. The molecule has 0 aromatic heterocycles. The zero-order chi connectivity index (χ0) is 3.41. The minimum atomic E-state index is 0.654. The first-order chi connectivity index (χ1) is 1.91. The first-order valence-corrected chi connectivity index (χ1v) is 3.52. The van der Waals surface area contributed by atoms with Crippen LogP contribution in [0.3, 0.4) is 0 Å². The molecule has 0 saturated carbocycles. The van der Waals surface area contributed by atoms with Gasteiger partial charge >= 0.3 is 35.1 Å². The van der Waals surface area contributed by atoms with Crippen LogP contribution >= 0.6 is 0 Å². The molecule has 0 nitrogen and oxygen atoms in total. The van der Waals surface area contributed by atoms with Gasteiger partial charge in [0.05, 0.1) is 0 Å². The van der Waals surface area contributed by atoms with E-state index in [1.807, 2.05) is 0 Å². The summed E-state index contributed by atoms with van der Waals surface area (Å²) in [5.74, 6) is 0. The second kappa shape index (κ2) is 3.71. The van der Waals surface area contributed by atoms with Crippen molar-refractivity contribution in [3.8, 4) is 0 Å². The van der Waals surface area contributed by atoms with E-state index in [4.69, 9.17) is 0 Å². The second-order valence-electron chi connectivity index (χ2n) is 0.362. The van der Waals surface area contributed by atoms with Crippen LogP contribution in [0.1, 0.15) is 0 Å². The molecule has 1 radical (unpaired) electrons. The normalized spacial score (nSPS) is 6.75. The summed E-state index contributed by atoms with van der Waals surface area (Å²) in [4.78, 5) is 0. The second-order valence-corrected chi connectivity index (χ2v) is 2.13. The topological polar surface area (TPSA) is 0 Å². The van der Waals surface area contributed by atoms with Gasteiger partial charge in [-0.1, -0.05) is 0 Å². The Morgan fingerprint density at radius 2 is 2.25 bits per heavy atom. The van der Waals surface area contributed by atoms with Crippen molar-refractivity contribution >= 4 is 7.76 Å². The van der Waals surface area contributed by atoms with Gasteiger partial charge in [0.15, 0.2) is 0 Å². The molecule has 0 atom stereocenters. The van der Waals surface area contributed by atoms with E-state index < -0.39 is 0 Å². The first-order valence-electron chi connectivity index (χ1n) is 1.01. The van der Waals surface area contributed by atoms with Crippen LogP contribution in [0.5, 0.6) is 0 Å². The molecule has 0 unspecified atom stereocenters. The summed E-state index contributed by atoms with van der Waals surface area (Å²) >= 11 is 4.28. The molecule has 0 aliphatic carbocycles. The SMILES string of the molecule is [CH2-]C[Si]=[Ni]. The summed E-state index contributed by atoms with van der Waals surface area (Å²) in [5, 5.41) is 0. The minimum absolute atomic E-state index is 0.654. The van der Waals surface area contributed by atoms with Crippen LogP contribution in [0, 0.1) is 6.92 Å². The Morgan fingerprint density at radius 3 is 2.25 bits per heavy atom. The van der Waals surface area contributed by atoms with Crippen LogP contribution in [-0.4, -0.2) is 7.76 Å². The average molecular weight is 115 g/mol. The summed E-state index contributed by atoms with van der Waals surface area (Å²) in [7, 11) is 0.654. The molecule has 0 bridgehead atoms. The Kier molecular flexibility index (Phi) is 4.37. The number of hydrogen-bond acceptors (Lipinski definition) is 0. The Bertz CT molecular complexity index is 20.0. The Balaban J connectivity index is 2.30. The van der Waals surface area contributed by atoms with Crippen LogP contribution in [-0.2, 0) is 14.4 Å². The van der Waals surface area contributed by atoms with Gasteiger partial charge in [-0.25, -0.2) is 0 Å². The van der Waals surface area contributed by atoms with Gasteiger partial charge in [0.25, 0.3) is 0 Å².